The molecule has 2 aliphatic heterocycles. The van der Waals surface area contributed by atoms with Gasteiger partial charge in [-0.1, -0.05) is 34.4 Å². The van der Waals surface area contributed by atoms with Crippen molar-refractivity contribution in [1.29, 1.82) is 0 Å². The maximum Gasteiger partial charge on any atom is 0.435 e. The molecule has 204 valence electrons. The van der Waals surface area contributed by atoms with Crippen LogP contribution in [0.5, 0.6) is 0 Å². The van der Waals surface area contributed by atoms with Gasteiger partial charge in [0, 0.05) is 40.7 Å². The number of oxime groups is 1. The zero-order valence-corrected chi connectivity index (χ0v) is 21.0. The first kappa shape index (κ1) is 28.0. The Morgan fingerprint density at radius 1 is 1.08 bits per heavy atom. The molecule has 0 bridgehead atoms. The molecule has 0 aromatic heterocycles. The van der Waals surface area contributed by atoms with Crippen LogP contribution in [0.2, 0.25) is 10.0 Å². The first-order chi connectivity index (χ1) is 17.6. The van der Waals surface area contributed by atoms with E-state index in [-0.39, 0.29) is 32.4 Å². The lowest BCUT2D eigenvalue weighted by Crippen LogP contribution is -2.57. The number of carbonyl (C=O) groups is 2. The number of hydrogen-bond acceptors (Lipinski definition) is 4. The summed E-state index contributed by atoms with van der Waals surface area (Å²) < 4.78 is 80.4. The van der Waals surface area contributed by atoms with Crippen LogP contribution in [0.15, 0.2) is 41.6 Å². The number of nitrogens with one attached hydrogen (secondary N) is 1. The molecule has 0 aliphatic carbocycles. The molecular formula is C24H19Cl2F6N3O3. The number of likely N-dealkylation sites (tertiary alicyclic amines) is 1. The molecule has 1 unspecified atom stereocenters. The molecule has 2 aliphatic rings. The first-order valence-electron chi connectivity index (χ1n) is 11.1. The summed E-state index contributed by atoms with van der Waals surface area (Å²) in [6.45, 7) is 0.114. The van der Waals surface area contributed by atoms with Gasteiger partial charge in [-0.15, -0.1) is 0 Å². The van der Waals surface area contributed by atoms with Crippen molar-refractivity contribution in [3.8, 4) is 0 Å². The zero-order chi connectivity index (χ0) is 28.0. The second kappa shape index (κ2) is 9.96. The van der Waals surface area contributed by atoms with Gasteiger partial charge in [-0.05, 0) is 48.4 Å². The van der Waals surface area contributed by atoms with Crippen molar-refractivity contribution < 1.29 is 40.8 Å². The number of amides is 2. The number of benzene rings is 2. The molecule has 2 amide bonds. The zero-order valence-electron chi connectivity index (χ0n) is 19.5. The van der Waals surface area contributed by atoms with Crippen molar-refractivity contribution >= 4 is 40.7 Å². The molecule has 0 radical (unpaired) electrons. The number of carbonyl (C=O) groups excluding carboxylic acids is 2. The third-order valence-electron chi connectivity index (χ3n) is 6.42. The predicted molar refractivity (Wildman–Crippen MR) is 126 cm³/mol. The lowest BCUT2D eigenvalue weighted by atomic mass is 9.86. The Balaban J connectivity index is 1.44. The first-order valence-corrected chi connectivity index (χ1v) is 11.9. The van der Waals surface area contributed by atoms with Gasteiger partial charge in [0.2, 0.25) is 5.91 Å². The fraction of sp³-hybridized carbons (Fsp3) is 0.375. The van der Waals surface area contributed by atoms with E-state index in [4.69, 9.17) is 28.0 Å². The van der Waals surface area contributed by atoms with Crippen molar-refractivity contribution in [2.45, 2.75) is 31.3 Å². The standard InChI is InChI=1S/C24H19Cl2F6N3O3/c1-12-4-13(2-3-18(12)21(37)33-9-20(36)35-10-15(11-35)23(27,28)29)19-8-22(38-34-19,24(30,31)32)14-5-16(25)7-17(26)6-14/h2-7,15H,8-11H2,1H3,(H,33,37). The highest BCUT2D eigenvalue weighted by Gasteiger charge is 2.62. The summed E-state index contributed by atoms with van der Waals surface area (Å²) in [5.41, 5.74) is -2.40. The van der Waals surface area contributed by atoms with E-state index in [0.29, 0.717) is 5.56 Å². The minimum Gasteiger partial charge on any atom is -0.374 e. The summed E-state index contributed by atoms with van der Waals surface area (Å²) in [5, 5.41) is 6.02. The molecule has 6 nitrogen and oxygen atoms in total. The Bertz CT molecular complexity index is 1290. The molecular weight excluding hydrogens is 563 g/mol. The Kier molecular flexibility index (Phi) is 7.34. The molecule has 1 N–H and O–H groups in total. The summed E-state index contributed by atoms with van der Waals surface area (Å²) in [4.78, 5) is 30.6. The highest BCUT2D eigenvalue weighted by Crippen LogP contribution is 2.49. The van der Waals surface area contributed by atoms with Gasteiger partial charge in [0.05, 0.1) is 18.2 Å². The fourth-order valence-electron chi connectivity index (χ4n) is 4.20. The Morgan fingerprint density at radius 2 is 1.71 bits per heavy atom. The van der Waals surface area contributed by atoms with Crippen molar-refractivity contribution in [1.82, 2.24) is 10.2 Å². The Hall–Kier alpha value is -2.99. The molecule has 1 atom stereocenters. The minimum atomic E-state index is -4.87. The molecule has 2 aromatic rings. The molecule has 0 saturated carbocycles. The van der Waals surface area contributed by atoms with Crippen LogP contribution in [0.25, 0.3) is 0 Å². The van der Waals surface area contributed by atoms with E-state index in [9.17, 15) is 35.9 Å². The van der Waals surface area contributed by atoms with Gasteiger partial charge in [-0.3, -0.25) is 9.59 Å². The maximum absolute atomic E-state index is 14.2. The van der Waals surface area contributed by atoms with Crippen molar-refractivity contribution in [3.05, 3.63) is 68.7 Å². The van der Waals surface area contributed by atoms with E-state index >= 15 is 0 Å². The van der Waals surface area contributed by atoms with Crippen LogP contribution in [0, 0.1) is 12.8 Å². The quantitative estimate of drug-likeness (QED) is 0.465. The lowest BCUT2D eigenvalue weighted by molar-refractivity contribution is -0.275. The molecule has 38 heavy (non-hydrogen) atoms. The summed E-state index contributed by atoms with van der Waals surface area (Å²) >= 11 is 11.8. The number of nitrogens with zero attached hydrogens (tertiary/aromatic N) is 2. The number of halogens is 8. The van der Waals surface area contributed by atoms with Gasteiger partial charge < -0.3 is 15.1 Å². The second-order valence-corrected chi connectivity index (χ2v) is 9.91. The molecule has 14 heteroatoms. The SMILES string of the molecule is Cc1cc(C2=NOC(c3cc(Cl)cc(Cl)c3)(C(F)(F)F)C2)ccc1C(=O)NCC(=O)N1CC(C(F)(F)F)C1. The topological polar surface area (TPSA) is 71.0 Å². The molecule has 1 fully saturated rings. The highest BCUT2D eigenvalue weighted by molar-refractivity contribution is 6.34. The number of aryl methyl sites for hydroxylation is 1. The smallest absolute Gasteiger partial charge is 0.374 e. The van der Waals surface area contributed by atoms with Crippen LogP contribution in [0.4, 0.5) is 26.3 Å². The number of hydrogen-bond donors (Lipinski definition) is 1. The van der Waals surface area contributed by atoms with Gasteiger partial charge in [0.25, 0.3) is 11.5 Å². The Labute approximate surface area is 222 Å². The van der Waals surface area contributed by atoms with E-state index in [2.05, 4.69) is 10.5 Å². The fourth-order valence-corrected chi connectivity index (χ4v) is 4.72. The van der Waals surface area contributed by atoms with Gasteiger partial charge in [0.1, 0.15) is 0 Å². The summed E-state index contributed by atoms with van der Waals surface area (Å²) in [5.74, 6) is -2.90. The summed E-state index contributed by atoms with van der Waals surface area (Å²) in [6, 6.07) is 7.66. The monoisotopic (exact) mass is 581 g/mol. The number of alkyl halides is 6. The average molecular weight is 582 g/mol. The maximum atomic E-state index is 14.2. The van der Waals surface area contributed by atoms with Crippen LogP contribution >= 0.6 is 23.2 Å². The van der Waals surface area contributed by atoms with Crippen LogP contribution in [-0.4, -0.2) is 54.4 Å². The lowest BCUT2D eigenvalue weighted by Gasteiger charge is -2.40. The third-order valence-corrected chi connectivity index (χ3v) is 6.85. The average Bonchev–Trinajstić information content (AvgIpc) is 3.22. The summed E-state index contributed by atoms with van der Waals surface area (Å²) in [6.07, 6.45) is -9.93. The van der Waals surface area contributed by atoms with Gasteiger partial charge in [0.15, 0.2) is 0 Å². The minimum absolute atomic E-state index is 0.00727. The van der Waals surface area contributed by atoms with Gasteiger partial charge in [-0.2, -0.15) is 26.3 Å². The second-order valence-electron chi connectivity index (χ2n) is 9.04. The van der Waals surface area contributed by atoms with Crippen LogP contribution < -0.4 is 5.32 Å². The van der Waals surface area contributed by atoms with E-state index in [1.165, 1.54) is 31.2 Å². The molecule has 0 spiro atoms. The van der Waals surface area contributed by atoms with Crippen molar-refractivity contribution in [3.63, 3.8) is 0 Å². The molecule has 4 rings (SSSR count). The van der Waals surface area contributed by atoms with E-state index in [1.807, 2.05) is 0 Å². The number of rotatable bonds is 5. The Morgan fingerprint density at radius 3 is 2.26 bits per heavy atom. The molecule has 2 heterocycles. The molecule has 2 aromatic carbocycles. The third kappa shape index (κ3) is 5.42. The summed E-state index contributed by atoms with van der Waals surface area (Å²) in [7, 11) is 0. The van der Waals surface area contributed by atoms with Crippen LogP contribution in [0.3, 0.4) is 0 Å². The van der Waals surface area contributed by atoms with Gasteiger partial charge >= 0.3 is 12.4 Å². The van der Waals surface area contributed by atoms with Crippen LogP contribution in [0.1, 0.15) is 33.5 Å². The highest BCUT2D eigenvalue weighted by atomic mass is 35.5. The largest absolute Gasteiger partial charge is 0.435 e. The van der Waals surface area contributed by atoms with Gasteiger partial charge in [-0.25, -0.2) is 0 Å². The van der Waals surface area contributed by atoms with Crippen molar-refractivity contribution in [2.24, 2.45) is 11.1 Å². The van der Waals surface area contributed by atoms with E-state index < -0.39 is 61.7 Å². The van der Waals surface area contributed by atoms with Crippen LogP contribution in [-0.2, 0) is 15.2 Å². The predicted octanol–water partition coefficient (Wildman–Crippen LogP) is 5.63. The van der Waals surface area contributed by atoms with E-state index in [0.717, 1.165) is 17.0 Å². The van der Waals surface area contributed by atoms with Crippen molar-refractivity contribution in [2.75, 3.05) is 19.6 Å². The normalized spacial score (nSPS) is 20.0. The molecule has 1 saturated heterocycles. The van der Waals surface area contributed by atoms with E-state index in [1.54, 1.807) is 0 Å².